The van der Waals surface area contributed by atoms with Gasteiger partial charge < -0.3 is 40.6 Å². The van der Waals surface area contributed by atoms with Gasteiger partial charge in [0.15, 0.2) is 0 Å². The summed E-state index contributed by atoms with van der Waals surface area (Å²) in [6.07, 6.45) is 0. The number of rotatable bonds is 12. The Kier molecular flexibility index (Phi) is 8.69. The van der Waals surface area contributed by atoms with Crippen molar-refractivity contribution in [2.24, 2.45) is 22.9 Å². The lowest BCUT2D eigenvalue weighted by Gasteiger charge is -2.36. The normalized spacial score (nSPS) is 14.9. The van der Waals surface area contributed by atoms with Crippen LogP contribution in [0.2, 0.25) is 0 Å². The Balaban J connectivity index is 5.41. The first kappa shape index (κ1) is 24.9. The molecule has 0 aromatic carbocycles. The zero-order valence-electron chi connectivity index (χ0n) is 17.3. The average molecular weight is 381 g/mol. The minimum Gasteiger partial charge on any atom is -0.349 e. The van der Waals surface area contributed by atoms with Gasteiger partial charge in [-0.2, -0.15) is 0 Å². The third-order valence-electron chi connectivity index (χ3n) is 2.48. The standard InChI is InChI=1S/C16H40N4O4Si/c1-13(2,17)9-21-25(22-10-14(3,4)18,23-11-15(5,6)19)24-12-16(7,8)20/h9-12,17-20H2,1-8H3. The van der Waals surface area contributed by atoms with E-state index in [9.17, 15) is 0 Å². The van der Waals surface area contributed by atoms with Gasteiger partial charge in [-0.05, 0) is 55.4 Å². The molecule has 8 N–H and O–H groups in total. The second kappa shape index (κ2) is 8.72. The second-order valence-corrected chi connectivity index (χ2v) is 11.8. The van der Waals surface area contributed by atoms with E-state index in [4.69, 9.17) is 40.6 Å². The third-order valence-corrected chi connectivity index (χ3v) is 4.48. The van der Waals surface area contributed by atoms with Crippen LogP contribution in [0.3, 0.4) is 0 Å². The van der Waals surface area contributed by atoms with Crippen molar-refractivity contribution in [2.75, 3.05) is 26.4 Å². The molecule has 0 atom stereocenters. The van der Waals surface area contributed by atoms with E-state index in [2.05, 4.69) is 0 Å². The lowest BCUT2D eigenvalue weighted by atomic mass is 10.1. The second-order valence-electron chi connectivity index (χ2n) is 9.61. The fraction of sp³-hybridized carbons (Fsp3) is 1.00. The summed E-state index contributed by atoms with van der Waals surface area (Å²) in [4.78, 5) is 0. The molecule has 0 bridgehead atoms. The Labute approximate surface area is 154 Å². The minimum absolute atomic E-state index is 0.195. The molecule has 25 heavy (non-hydrogen) atoms. The maximum Gasteiger partial charge on any atom is 0.679 e. The average Bonchev–Trinajstić information content (AvgIpc) is 2.33. The molecule has 0 fully saturated rings. The molecule has 0 aliphatic rings. The number of hydrogen-bond acceptors (Lipinski definition) is 8. The van der Waals surface area contributed by atoms with Crippen molar-refractivity contribution >= 4 is 9.05 Å². The largest absolute Gasteiger partial charge is 0.679 e. The van der Waals surface area contributed by atoms with Crippen molar-refractivity contribution in [3.05, 3.63) is 0 Å². The van der Waals surface area contributed by atoms with Gasteiger partial charge in [0, 0.05) is 22.2 Å². The van der Waals surface area contributed by atoms with Gasteiger partial charge in [-0.1, -0.05) is 0 Å². The van der Waals surface area contributed by atoms with Crippen molar-refractivity contribution in [3.63, 3.8) is 0 Å². The quantitative estimate of drug-likeness (QED) is 0.357. The zero-order valence-corrected chi connectivity index (χ0v) is 18.3. The van der Waals surface area contributed by atoms with Gasteiger partial charge in [-0.3, -0.25) is 0 Å². The highest BCUT2D eigenvalue weighted by Gasteiger charge is 2.49. The van der Waals surface area contributed by atoms with Gasteiger partial charge in [0.25, 0.3) is 0 Å². The molecule has 9 heteroatoms. The molecule has 0 unspecified atom stereocenters. The molecule has 0 saturated heterocycles. The van der Waals surface area contributed by atoms with Gasteiger partial charge in [0.1, 0.15) is 0 Å². The van der Waals surface area contributed by atoms with E-state index in [1.807, 2.05) is 55.4 Å². The van der Waals surface area contributed by atoms with Crippen molar-refractivity contribution in [1.82, 2.24) is 0 Å². The van der Waals surface area contributed by atoms with E-state index in [0.29, 0.717) is 0 Å². The van der Waals surface area contributed by atoms with Crippen LogP contribution < -0.4 is 22.9 Å². The first-order valence-electron chi connectivity index (χ1n) is 8.54. The maximum atomic E-state index is 6.04. The summed E-state index contributed by atoms with van der Waals surface area (Å²) in [6.45, 7) is 15.5. The highest BCUT2D eigenvalue weighted by atomic mass is 28.4. The predicted octanol–water partition coefficient (Wildman–Crippen LogP) is 0.438. The van der Waals surface area contributed by atoms with Gasteiger partial charge in [-0.25, -0.2) is 0 Å². The Morgan fingerprint density at radius 2 is 0.640 bits per heavy atom. The van der Waals surface area contributed by atoms with Crippen LogP contribution in [0.25, 0.3) is 0 Å². The van der Waals surface area contributed by atoms with Crippen LogP contribution in [0, 0.1) is 0 Å². The fourth-order valence-electron chi connectivity index (χ4n) is 1.35. The smallest absolute Gasteiger partial charge is 0.349 e. The molecule has 0 amide bonds. The van der Waals surface area contributed by atoms with Crippen molar-refractivity contribution in [3.8, 4) is 0 Å². The van der Waals surface area contributed by atoms with Crippen LogP contribution in [0.15, 0.2) is 0 Å². The van der Waals surface area contributed by atoms with Gasteiger partial charge in [-0.15, -0.1) is 0 Å². The molecular weight excluding hydrogens is 340 g/mol. The summed E-state index contributed by atoms with van der Waals surface area (Å²) in [7, 11) is -3.55. The van der Waals surface area contributed by atoms with Crippen molar-refractivity contribution < 1.29 is 17.7 Å². The topological polar surface area (TPSA) is 141 Å². The van der Waals surface area contributed by atoms with E-state index in [1.54, 1.807) is 0 Å². The lowest BCUT2D eigenvalue weighted by molar-refractivity contribution is -0.0600. The molecular formula is C16H40N4O4Si. The summed E-state index contributed by atoms with van der Waals surface area (Å²) < 4.78 is 23.8. The van der Waals surface area contributed by atoms with Crippen LogP contribution in [-0.2, 0) is 17.7 Å². The Bertz CT molecular complexity index is 317. The number of hydrogen-bond donors (Lipinski definition) is 4. The SMILES string of the molecule is CC(C)(N)CO[Si](OCC(C)(C)N)(OCC(C)(C)N)OCC(C)(C)N. The first-order valence-corrected chi connectivity index (χ1v) is 10.2. The molecule has 0 aliphatic heterocycles. The Hall–Kier alpha value is -0.103. The molecule has 0 aromatic heterocycles. The Morgan fingerprint density at radius 3 is 0.760 bits per heavy atom. The minimum atomic E-state index is -3.55. The summed E-state index contributed by atoms with van der Waals surface area (Å²) in [6, 6.07) is 0. The number of nitrogens with two attached hydrogens (primary N) is 4. The lowest BCUT2D eigenvalue weighted by Crippen LogP contribution is -2.59. The summed E-state index contributed by atoms with van der Waals surface area (Å²) in [5, 5.41) is 0. The Morgan fingerprint density at radius 1 is 0.480 bits per heavy atom. The molecule has 0 rings (SSSR count). The molecule has 152 valence electrons. The van der Waals surface area contributed by atoms with Gasteiger partial charge in [0.05, 0.1) is 26.4 Å². The van der Waals surface area contributed by atoms with Crippen LogP contribution in [0.4, 0.5) is 0 Å². The molecule has 0 heterocycles. The van der Waals surface area contributed by atoms with Crippen LogP contribution in [-0.4, -0.2) is 57.6 Å². The highest BCUT2D eigenvalue weighted by Crippen LogP contribution is 2.19. The van der Waals surface area contributed by atoms with E-state index < -0.39 is 31.2 Å². The van der Waals surface area contributed by atoms with E-state index >= 15 is 0 Å². The molecule has 0 aliphatic carbocycles. The fourth-order valence-corrected chi connectivity index (χ4v) is 4.04. The van der Waals surface area contributed by atoms with E-state index in [0.717, 1.165) is 0 Å². The van der Waals surface area contributed by atoms with Gasteiger partial charge >= 0.3 is 9.05 Å². The molecule has 0 radical (unpaired) electrons. The molecule has 0 aromatic rings. The molecule has 0 spiro atoms. The molecule has 0 saturated carbocycles. The summed E-state index contributed by atoms with van der Waals surface area (Å²) in [5.74, 6) is 0. The third kappa shape index (κ3) is 14.7. The van der Waals surface area contributed by atoms with Crippen LogP contribution in [0.5, 0.6) is 0 Å². The van der Waals surface area contributed by atoms with Crippen molar-refractivity contribution in [2.45, 2.75) is 77.5 Å². The first-order chi connectivity index (χ1) is 10.8. The highest BCUT2D eigenvalue weighted by molar-refractivity contribution is 6.53. The van der Waals surface area contributed by atoms with Crippen molar-refractivity contribution in [1.29, 1.82) is 0 Å². The van der Waals surface area contributed by atoms with Crippen LogP contribution in [0.1, 0.15) is 55.4 Å². The van der Waals surface area contributed by atoms with Crippen LogP contribution >= 0.6 is 0 Å². The zero-order chi connectivity index (χ0) is 20.2. The van der Waals surface area contributed by atoms with E-state index in [1.165, 1.54) is 0 Å². The summed E-state index contributed by atoms with van der Waals surface area (Å²) >= 11 is 0. The summed E-state index contributed by atoms with van der Waals surface area (Å²) in [5.41, 5.74) is 21.9. The van der Waals surface area contributed by atoms with Gasteiger partial charge in [0.2, 0.25) is 0 Å². The predicted molar refractivity (Wildman–Crippen MR) is 103 cm³/mol. The monoisotopic (exact) mass is 380 g/mol. The maximum absolute atomic E-state index is 6.04. The molecule has 8 nitrogen and oxygen atoms in total. The van der Waals surface area contributed by atoms with E-state index in [-0.39, 0.29) is 26.4 Å².